The zero-order valence-electron chi connectivity index (χ0n) is 15.1. The SMILES string of the molecule is COc1ccc(N2N=C3CN(Cc4cccc(C#N)c4)CCC3C2=O)cc1. The van der Waals surface area contributed by atoms with Crippen molar-refractivity contribution in [3.8, 4) is 11.8 Å². The molecule has 6 heteroatoms. The van der Waals surface area contributed by atoms with Crippen molar-refractivity contribution in [1.29, 1.82) is 5.26 Å². The van der Waals surface area contributed by atoms with E-state index < -0.39 is 0 Å². The number of likely N-dealkylation sites (tertiary alicyclic amines) is 1. The molecule has 0 spiro atoms. The first-order valence-corrected chi connectivity index (χ1v) is 8.95. The van der Waals surface area contributed by atoms with Crippen molar-refractivity contribution in [3.63, 3.8) is 0 Å². The molecule has 2 aromatic carbocycles. The smallest absolute Gasteiger partial charge is 0.256 e. The number of hydrogen-bond acceptors (Lipinski definition) is 5. The molecule has 0 saturated carbocycles. The van der Waals surface area contributed by atoms with Crippen LogP contribution in [-0.4, -0.2) is 36.7 Å². The molecule has 4 rings (SSSR count). The zero-order valence-corrected chi connectivity index (χ0v) is 15.1. The molecule has 1 unspecified atom stereocenters. The van der Waals surface area contributed by atoms with E-state index in [0.717, 1.165) is 42.2 Å². The van der Waals surface area contributed by atoms with E-state index in [0.29, 0.717) is 12.1 Å². The van der Waals surface area contributed by atoms with Gasteiger partial charge in [-0.1, -0.05) is 12.1 Å². The molecule has 1 saturated heterocycles. The van der Waals surface area contributed by atoms with E-state index in [1.165, 1.54) is 5.01 Å². The lowest BCUT2D eigenvalue weighted by molar-refractivity contribution is -0.120. The van der Waals surface area contributed by atoms with E-state index in [1.807, 2.05) is 48.5 Å². The summed E-state index contributed by atoms with van der Waals surface area (Å²) in [5.74, 6) is 0.663. The van der Waals surface area contributed by atoms with Gasteiger partial charge in [0.15, 0.2) is 0 Å². The number of amides is 1. The lowest BCUT2D eigenvalue weighted by atomic mass is 9.94. The highest BCUT2D eigenvalue weighted by atomic mass is 16.5. The van der Waals surface area contributed by atoms with Crippen LogP contribution in [0.1, 0.15) is 17.5 Å². The minimum atomic E-state index is -0.131. The van der Waals surface area contributed by atoms with E-state index in [2.05, 4.69) is 16.1 Å². The molecule has 2 aromatic rings. The van der Waals surface area contributed by atoms with E-state index in [-0.39, 0.29) is 11.8 Å². The van der Waals surface area contributed by atoms with Crippen LogP contribution >= 0.6 is 0 Å². The fourth-order valence-electron chi connectivity index (χ4n) is 3.63. The molecule has 27 heavy (non-hydrogen) atoms. The van der Waals surface area contributed by atoms with Crippen LogP contribution in [0.25, 0.3) is 0 Å². The fourth-order valence-corrected chi connectivity index (χ4v) is 3.63. The van der Waals surface area contributed by atoms with Gasteiger partial charge in [0.05, 0.1) is 36.1 Å². The first-order chi connectivity index (χ1) is 13.2. The summed E-state index contributed by atoms with van der Waals surface area (Å²) >= 11 is 0. The van der Waals surface area contributed by atoms with Crippen LogP contribution in [-0.2, 0) is 11.3 Å². The normalized spacial score (nSPS) is 19.4. The predicted octanol–water partition coefficient (Wildman–Crippen LogP) is 2.79. The molecule has 136 valence electrons. The van der Waals surface area contributed by atoms with Gasteiger partial charge in [-0.3, -0.25) is 9.69 Å². The van der Waals surface area contributed by atoms with E-state index in [9.17, 15) is 4.79 Å². The Morgan fingerprint density at radius 1 is 1.26 bits per heavy atom. The van der Waals surface area contributed by atoms with Gasteiger partial charge in [0.25, 0.3) is 5.91 Å². The standard InChI is InChI=1S/C21H20N4O2/c1-27-18-7-5-17(6-8-18)25-21(26)19-9-10-24(14-20(19)23-25)13-16-4-2-3-15(11-16)12-22/h2-8,11,19H,9-10,13-14H2,1H3. The third-order valence-corrected chi connectivity index (χ3v) is 5.04. The number of nitriles is 1. The van der Waals surface area contributed by atoms with Crippen molar-refractivity contribution >= 4 is 17.3 Å². The first kappa shape index (κ1) is 17.3. The average molecular weight is 360 g/mol. The number of hydrogen-bond donors (Lipinski definition) is 0. The number of rotatable bonds is 4. The second kappa shape index (κ2) is 7.22. The maximum atomic E-state index is 12.8. The predicted molar refractivity (Wildman–Crippen MR) is 102 cm³/mol. The van der Waals surface area contributed by atoms with E-state index in [4.69, 9.17) is 10.00 Å². The van der Waals surface area contributed by atoms with Gasteiger partial charge in [0.1, 0.15) is 5.75 Å². The Bertz CT molecular complexity index is 930. The summed E-state index contributed by atoms with van der Waals surface area (Å²) in [4.78, 5) is 15.0. The second-order valence-electron chi connectivity index (χ2n) is 6.80. The van der Waals surface area contributed by atoms with Crippen LogP contribution in [0.4, 0.5) is 5.69 Å². The number of nitrogens with zero attached hydrogens (tertiary/aromatic N) is 4. The molecule has 0 aromatic heterocycles. The topological polar surface area (TPSA) is 68.9 Å². The number of carbonyl (C=O) groups excluding carboxylic acids is 1. The molecule has 0 bridgehead atoms. The number of hydrazone groups is 1. The molecular weight excluding hydrogens is 340 g/mol. The van der Waals surface area contributed by atoms with Gasteiger partial charge < -0.3 is 4.74 Å². The van der Waals surface area contributed by atoms with Crippen molar-refractivity contribution in [3.05, 3.63) is 59.7 Å². The Kier molecular flexibility index (Phi) is 4.61. The number of piperidine rings is 1. The van der Waals surface area contributed by atoms with Gasteiger partial charge in [-0.2, -0.15) is 10.4 Å². The lowest BCUT2D eigenvalue weighted by Crippen LogP contribution is -2.41. The number of carbonyl (C=O) groups is 1. The van der Waals surface area contributed by atoms with Crippen molar-refractivity contribution in [1.82, 2.24) is 4.90 Å². The molecule has 1 fully saturated rings. The summed E-state index contributed by atoms with van der Waals surface area (Å²) < 4.78 is 5.17. The molecule has 6 nitrogen and oxygen atoms in total. The van der Waals surface area contributed by atoms with Gasteiger partial charge in [-0.15, -0.1) is 0 Å². The molecule has 2 aliphatic heterocycles. The molecule has 0 aliphatic carbocycles. The number of methoxy groups -OCH3 is 1. The Labute approximate surface area is 158 Å². The van der Waals surface area contributed by atoms with Gasteiger partial charge in [-0.05, 0) is 48.4 Å². The largest absolute Gasteiger partial charge is 0.497 e. The molecule has 2 aliphatic rings. The maximum absolute atomic E-state index is 12.8. The fraction of sp³-hybridized carbons (Fsp3) is 0.286. The number of benzene rings is 2. The highest BCUT2D eigenvalue weighted by molar-refractivity contribution is 6.16. The molecule has 0 radical (unpaired) electrons. The Morgan fingerprint density at radius 3 is 2.81 bits per heavy atom. The van der Waals surface area contributed by atoms with Crippen LogP contribution < -0.4 is 9.75 Å². The monoisotopic (exact) mass is 360 g/mol. The van der Waals surface area contributed by atoms with Gasteiger partial charge in [-0.25, -0.2) is 5.01 Å². The van der Waals surface area contributed by atoms with Crippen LogP contribution in [0.3, 0.4) is 0 Å². The number of anilines is 1. The Morgan fingerprint density at radius 2 is 2.07 bits per heavy atom. The van der Waals surface area contributed by atoms with Crippen LogP contribution in [0.5, 0.6) is 5.75 Å². The van der Waals surface area contributed by atoms with Gasteiger partial charge >= 0.3 is 0 Å². The summed E-state index contributed by atoms with van der Waals surface area (Å²) in [5.41, 5.74) is 3.44. The van der Waals surface area contributed by atoms with Crippen LogP contribution in [0.15, 0.2) is 53.6 Å². The molecular formula is C21H20N4O2. The van der Waals surface area contributed by atoms with Gasteiger partial charge in [0.2, 0.25) is 0 Å². The van der Waals surface area contributed by atoms with Crippen LogP contribution in [0.2, 0.25) is 0 Å². The highest BCUT2D eigenvalue weighted by Crippen LogP contribution is 2.30. The second-order valence-corrected chi connectivity index (χ2v) is 6.80. The molecule has 0 N–H and O–H groups in total. The molecule has 1 amide bonds. The van der Waals surface area contributed by atoms with E-state index in [1.54, 1.807) is 7.11 Å². The minimum absolute atomic E-state index is 0.0429. The van der Waals surface area contributed by atoms with Crippen molar-refractivity contribution < 1.29 is 9.53 Å². The third-order valence-electron chi connectivity index (χ3n) is 5.04. The zero-order chi connectivity index (χ0) is 18.8. The number of ether oxygens (including phenoxy) is 1. The third kappa shape index (κ3) is 3.42. The van der Waals surface area contributed by atoms with Crippen LogP contribution in [0, 0.1) is 17.2 Å². The summed E-state index contributed by atoms with van der Waals surface area (Å²) in [6, 6.07) is 17.2. The quantitative estimate of drug-likeness (QED) is 0.841. The summed E-state index contributed by atoms with van der Waals surface area (Å²) in [5, 5.41) is 15.2. The summed E-state index contributed by atoms with van der Waals surface area (Å²) in [6.45, 7) is 2.25. The summed E-state index contributed by atoms with van der Waals surface area (Å²) in [6.07, 6.45) is 0.766. The van der Waals surface area contributed by atoms with Crippen molar-refractivity contribution in [2.45, 2.75) is 13.0 Å². The Hall–Kier alpha value is -3.17. The highest BCUT2D eigenvalue weighted by Gasteiger charge is 2.39. The average Bonchev–Trinajstić information content (AvgIpc) is 3.04. The van der Waals surface area contributed by atoms with Crippen molar-refractivity contribution in [2.24, 2.45) is 11.0 Å². The molecule has 1 atom stereocenters. The van der Waals surface area contributed by atoms with Crippen molar-refractivity contribution in [2.75, 3.05) is 25.2 Å². The van der Waals surface area contributed by atoms with E-state index >= 15 is 0 Å². The maximum Gasteiger partial charge on any atom is 0.256 e. The lowest BCUT2D eigenvalue weighted by Gasteiger charge is -2.29. The first-order valence-electron chi connectivity index (χ1n) is 8.95. The van der Waals surface area contributed by atoms with Gasteiger partial charge in [0, 0.05) is 19.6 Å². The Balaban J connectivity index is 1.49. The minimum Gasteiger partial charge on any atom is -0.497 e. The number of fused-ring (bicyclic) bond motifs is 1. The summed E-state index contributed by atoms with van der Waals surface area (Å²) in [7, 11) is 1.62. The molecule has 2 heterocycles.